The van der Waals surface area contributed by atoms with Gasteiger partial charge in [0.05, 0.1) is 7.11 Å². The van der Waals surface area contributed by atoms with Gasteiger partial charge < -0.3 is 4.74 Å². The van der Waals surface area contributed by atoms with Crippen LogP contribution >= 0.6 is 0 Å². The van der Waals surface area contributed by atoms with Crippen molar-refractivity contribution >= 4 is 17.1 Å². The van der Waals surface area contributed by atoms with Gasteiger partial charge in [0, 0.05) is 5.56 Å². The van der Waals surface area contributed by atoms with E-state index in [1.807, 2.05) is 36.4 Å². The summed E-state index contributed by atoms with van der Waals surface area (Å²) < 4.78 is 18.6. The SMILES string of the molecule is COc1ccc2cc(-c3cc(F)ccc3C=O)ccc2c1. The third kappa shape index (κ3) is 2.50. The van der Waals surface area contributed by atoms with Crippen LogP contribution in [0.15, 0.2) is 54.6 Å². The zero-order valence-electron chi connectivity index (χ0n) is 11.5. The van der Waals surface area contributed by atoms with Gasteiger partial charge in [-0.05, 0) is 58.3 Å². The fourth-order valence-electron chi connectivity index (χ4n) is 2.40. The quantitative estimate of drug-likeness (QED) is 0.662. The number of rotatable bonds is 3. The van der Waals surface area contributed by atoms with Gasteiger partial charge >= 0.3 is 0 Å². The topological polar surface area (TPSA) is 26.3 Å². The van der Waals surface area contributed by atoms with E-state index >= 15 is 0 Å². The summed E-state index contributed by atoms with van der Waals surface area (Å²) in [6.07, 6.45) is 0.743. The third-order valence-corrected chi connectivity index (χ3v) is 3.50. The van der Waals surface area contributed by atoms with Crippen molar-refractivity contribution in [2.75, 3.05) is 7.11 Å². The summed E-state index contributed by atoms with van der Waals surface area (Å²) in [6.45, 7) is 0. The van der Waals surface area contributed by atoms with Gasteiger partial charge in [-0.25, -0.2) is 4.39 Å². The number of carbonyl (C=O) groups is 1. The molecule has 3 aromatic rings. The van der Waals surface area contributed by atoms with E-state index in [4.69, 9.17) is 4.74 Å². The van der Waals surface area contributed by atoms with E-state index in [1.165, 1.54) is 18.2 Å². The summed E-state index contributed by atoms with van der Waals surface area (Å²) in [7, 11) is 1.62. The molecule has 0 aliphatic carbocycles. The van der Waals surface area contributed by atoms with Crippen LogP contribution in [0.5, 0.6) is 5.75 Å². The number of halogens is 1. The van der Waals surface area contributed by atoms with Gasteiger partial charge in [-0.15, -0.1) is 0 Å². The Morgan fingerprint density at radius 2 is 1.71 bits per heavy atom. The van der Waals surface area contributed by atoms with E-state index in [9.17, 15) is 9.18 Å². The first kappa shape index (κ1) is 13.3. The molecule has 0 saturated heterocycles. The first-order valence-electron chi connectivity index (χ1n) is 6.54. The Morgan fingerprint density at radius 3 is 2.48 bits per heavy atom. The Balaban J connectivity index is 2.17. The van der Waals surface area contributed by atoms with Crippen LogP contribution in [0.1, 0.15) is 10.4 Å². The summed E-state index contributed by atoms with van der Waals surface area (Å²) in [5.41, 5.74) is 1.89. The molecule has 0 saturated carbocycles. The Morgan fingerprint density at radius 1 is 0.952 bits per heavy atom. The predicted molar refractivity (Wildman–Crippen MR) is 81.3 cm³/mol. The van der Waals surface area contributed by atoms with Crippen LogP contribution in [-0.4, -0.2) is 13.4 Å². The third-order valence-electron chi connectivity index (χ3n) is 3.50. The van der Waals surface area contributed by atoms with Crippen molar-refractivity contribution in [3.8, 4) is 16.9 Å². The molecule has 0 aliphatic heterocycles. The maximum absolute atomic E-state index is 13.4. The smallest absolute Gasteiger partial charge is 0.150 e. The van der Waals surface area contributed by atoms with Crippen molar-refractivity contribution in [1.82, 2.24) is 0 Å². The molecule has 21 heavy (non-hydrogen) atoms. The molecule has 0 spiro atoms. The van der Waals surface area contributed by atoms with Crippen LogP contribution in [0.25, 0.3) is 21.9 Å². The molecule has 0 radical (unpaired) electrons. The zero-order chi connectivity index (χ0) is 14.8. The zero-order valence-corrected chi connectivity index (χ0v) is 11.5. The standard InChI is InChI=1S/C18H13FO2/c1-21-17-7-5-12-8-14(3-2-13(12)9-17)18-10-16(19)6-4-15(18)11-20/h2-11H,1H3. The van der Waals surface area contributed by atoms with E-state index < -0.39 is 0 Å². The van der Waals surface area contributed by atoms with Crippen molar-refractivity contribution in [3.63, 3.8) is 0 Å². The lowest BCUT2D eigenvalue weighted by atomic mass is 9.97. The number of ether oxygens (including phenoxy) is 1. The number of methoxy groups -OCH3 is 1. The number of aldehydes is 1. The van der Waals surface area contributed by atoms with Crippen molar-refractivity contribution < 1.29 is 13.9 Å². The summed E-state index contributed by atoms with van der Waals surface area (Å²) >= 11 is 0. The highest BCUT2D eigenvalue weighted by molar-refractivity contribution is 5.93. The van der Waals surface area contributed by atoms with Crippen LogP contribution in [0.4, 0.5) is 4.39 Å². The van der Waals surface area contributed by atoms with E-state index in [-0.39, 0.29) is 5.82 Å². The Hall–Kier alpha value is -2.68. The molecule has 0 fully saturated rings. The van der Waals surface area contributed by atoms with E-state index in [0.29, 0.717) is 11.1 Å². The first-order chi connectivity index (χ1) is 10.2. The van der Waals surface area contributed by atoms with Gasteiger partial charge in [0.15, 0.2) is 6.29 Å². The lowest BCUT2D eigenvalue weighted by Crippen LogP contribution is -1.89. The molecule has 0 unspecified atom stereocenters. The van der Waals surface area contributed by atoms with Crippen LogP contribution in [0.2, 0.25) is 0 Å². The molecule has 104 valence electrons. The van der Waals surface area contributed by atoms with Crippen LogP contribution in [0.3, 0.4) is 0 Å². The molecule has 0 bridgehead atoms. The Labute approximate surface area is 121 Å². The van der Waals surface area contributed by atoms with Gasteiger partial charge in [-0.2, -0.15) is 0 Å². The average molecular weight is 280 g/mol. The normalized spacial score (nSPS) is 10.6. The van der Waals surface area contributed by atoms with Crippen LogP contribution < -0.4 is 4.74 Å². The second-order valence-corrected chi connectivity index (χ2v) is 4.78. The average Bonchev–Trinajstić information content (AvgIpc) is 2.53. The molecule has 0 heterocycles. The number of fused-ring (bicyclic) bond motifs is 1. The minimum absolute atomic E-state index is 0.356. The maximum Gasteiger partial charge on any atom is 0.150 e. The highest BCUT2D eigenvalue weighted by Crippen LogP contribution is 2.29. The minimum Gasteiger partial charge on any atom is -0.497 e. The maximum atomic E-state index is 13.4. The molecule has 3 aromatic carbocycles. The lowest BCUT2D eigenvalue weighted by molar-refractivity contribution is 0.112. The number of hydrogen-bond donors (Lipinski definition) is 0. The van der Waals surface area contributed by atoms with Crippen molar-refractivity contribution in [3.05, 3.63) is 66.0 Å². The second kappa shape index (κ2) is 5.37. The van der Waals surface area contributed by atoms with E-state index in [0.717, 1.165) is 28.4 Å². The molecular weight excluding hydrogens is 267 g/mol. The molecule has 0 atom stereocenters. The van der Waals surface area contributed by atoms with Crippen LogP contribution in [-0.2, 0) is 0 Å². The van der Waals surface area contributed by atoms with Gasteiger partial charge in [0.1, 0.15) is 11.6 Å². The number of carbonyl (C=O) groups excluding carboxylic acids is 1. The Kier molecular flexibility index (Phi) is 3.40. The highest BCUT2D eigenvalue weighted by atomic mass is 19.1. The molecule has 3 heteroatoms. The van der Waals surface area contributed by atoms with Gasteiger partial charge in [0.25, 0.3) is 0 Å². The summed E-state index contributed by atoms with van der Waals surface area (Å²) in [5.74, 6) is 0.431. The molecule has 0 aliphatic rings. The van der Waals surface area contributed by atoms with Gasteiger partial charge in [-0.1, -0.05) is 18.2 Å². The number of hydrogen-bond acceptors (Lipinski definition) is 2. The molecule has 0 N–H and O–H groups in total. The summed E-state index contributed by atoms with van der Waals surface area (Å²) in [4.78, 5) is 11.1. The molecular formula is C18H13FO2. The molecule has 0 aromatic heterocycles. The van der Waals surface area contributed by atoms with Crippen molar-refractivity contribution in [1.29, 1.82) is 0 Å². The highest BCUT2D eigenvalue weighted by Gasteiger charge is 2.07. The second-order valence-electron chi connectivity index (χ2n) is 4.78. The monoisotopic (exact) mass is 280 g/mol. The van der Waals surface area contributed by atoms with E-state index in [2.05, 4.69) is 0 Å². The minimum atomic E-state index is -0.356. The molecule has 3 rings (SSSR count). The fraction of sp³-hybridized carbons (Fsp3) is 0.0556. The number of benzene rings is 3. The summed E-state index contributed by atoms with van der Waals surface area (Å²) in [6, 6.07) is 15.7. The lowest BCUT2D eigenvalue weighted by Gasteiger charge is -2.08. The first-order valence-corrected chi connectivity index (χ1v) is 6.54. The van der Waals surface area contributed by atoms with Gasteiger partial charge in [-0.3, -0.25) is 4.79 Å². The Bertz CT molecular complexity index is 825. The predicted octanol–water partition coefficient (Wildman–Crippen LogP) is 4.47. The molecule has 0 amide bonds. The van der Waals surface area contributed by atoms with E-state index in [1.54, 1.807) is 7.11 Å². The molecule has 2 nitrogen and oxygen atoms in total. The van der Waals surface area contributed by atoms with Crippen molar-refractivity contribution in [2.45, 2.75) is 0 Å². The van der Waals surface area contributed by atoms with Crippen molar-refractivity contribution in [2.24, 2.45) is 0 Å². The largest absolute Gasteiger partial charge is 0.497 e. The van der Waals surface area contributed by atoms with Gasteiger partial charge in [0.2, 0.25) is 0 Å². The fourth-order valence-corrected chi connectivity index (χ4v) is 2.40. The van der Waals surface area contributed by atoms with Crippen LogP contribution in [0, 0.1) is 5.82 Å². The summed E-state index contributed by atoms with van der Waals surface area (Å²) in [5, 5.41) is 2.04.